The second-order valence-electron chi connectivity index (χ2n) is 5.77. The summed E-state index contributed by atoms with van der Waals surface area (Å²) in [4.78, 5) is 9.32. The molecule has 2 aromatic rings. The zero-order valence-corrected chi connectivity index (χ0v) is 12.9. The molecule has 1 unspecified atom stereocenters. The summed E-state index contributed by atoms with van der Waals surface area (Å²) in [7, 11) is 0. The van der Waals surface area contributed by atoms with Gasteiger partial charge in [-0.25, -0.2) is 0 Å². The molecule has 4 heteroatoms. The number of nitrogens with zero attached hydrogens (tertiary/aromatic N) is 3. The summed E-state index contributed by atoms with van der Waals surface area (Å²) in [5, 5.41) is 0. The molecule has 0 spiro atoms. The van der Waals surface area contributed by atoms with Crippen molar-refractivity contribution < 1.29 is 0 Å². The molecule has 2 heterocycles. The maximum Gasteiger partial charge on any atom is 0.0617 e. The summed E-state index contributed by atoms with van der Waals surface area (Å²) in [6.07, 6.45) is 3.83. The Morgan fingerprint density at radius 3 is 2.32 bits per heavy atom. The van der Waals surface area contributed by atoms with Crippen LogP contribution in [-0.2, 0) is 0 Å². The van der Waals surface area contributed by atoms with Crippen LogP contribution < -0.4 is 5.73 Å². The Kier molecular flexibility index (Phi) is 5.16. The lowest BCUT2D eigenvalue weighted by atomic mass is 9.98. The summed E-state index contributed by atoms with van der Waals surface area (Å²) in [5.74, 6) is 0. The average Bonchev–Trinajstić information content (AvgIpc) is 2.59. The van der Waals surface area contributed by atoms with E-state index in [0.717, 1.165) is 39.3 Å². The fourth-order valence-corrected chi connectivity index (χ4v) is 3.21. The topological polar surface area (TPSA) is 45.4 Å². The molecular weight excluding hydrogens is 272 g/mol. The Labute approximate surface area is 132 Å². The standard InChI is InChI=1S/C18H24N4/c19-8-10-21-11-13-22(14-12-21)18(16-5-2-1-3-6-16)17-7-4-9-20-15-17/h1-7,9,15,18H,8,10-14,19H2. The van der Waals surface area contributed by atoms with Crippen LogP contribution in [0.2, 0.25) is 0 Å². The van der Waals surface area contributed by atoms with E-state index in [-0.39, 0.29) is 6.04 Å². The SMILES string of the molecule is NCCN1CCN(C(c2ccccc2)c2cccnc2)CC1. The molecule has 116 valence electrons. The number of benzene rings is 1. The van der Waals surface area contributed by atoms with E-state index in [2.05, 4.69) is 51.2 Å². The number of rotatable bonds is 5. The van der Waals surface area contributed by atoms with Crippen LogP contribution >= 0.6 is 0 Å². The number of nitrogens with two attached hydrogens (primary N) is 1. The molecule has 1 aromatic heterocycles. The van der Waals surface area contributed by atoms with E-state index >= 15 is 0 Å². The van der Waals surface area contributed by atoms with Crippen LogP contribution in [0.25, 0.3) is 0 Å². The van der Waals surface area contributed by atoms with Crippen molar-refractivity contribution in [3.05, 3.63) is 66.0 Å². The van der Waals surface area contributed by atoms with Crippen LogP contribution in [-0.4, -0.2) is 54.1 Å². The van der Waals surface area contributed by atoms with Gasteiger partial charge in [-0.15, -0.1) is 0 Å². The van der Waals surface area contributed by atoms with Gasteiger partial charge in [-0.05, 0) is 17.2 Å². The maximum absolute atomic E-state index is 5.67. The Balaban J connectivity index is 1.81. The molecular formula is C18H24N4. The van der Waals surface area contributed by atoms with E-state index in [1.165, 1.54) is 11.1 Å². The fourth-order valence-electron chi connectivity index (χ4n) is 3.21. The average molecular weight is 296 g/mol. The molecule has 1 saturated heterocycles. The Morgan fingerprint density at radius 1 is 0.955 bits per heavy atom. The largest absolute Gasteiger partial charge is 0.329 e. The van der Waals surface area contributed by atoms with Gasteiger partial charge < -0.3 is 5.73 Å². The van der Waals surface area contributed by atoms with Gasteiger partial charge >= 0.3 is 0 Å². The highest BCUT2D eigenvalue weighted by Crippen LogP contribution is 2.28. The second-order valence-corrected chi connectivity index (χ2v) is 5.77. The van der Waals surface area contributed by atoms with Crippen molar-refractivity contribution in [2.45, 2.75) is 6.04 Å². The highest BCUT2D eigenvalue weighted by atomic mass is 15.3. The Hall–Kier alpha value is -1.75. The molecule has 0 bridgehead atoms. The minimum atomic E-state index is 0.287. The molecule has 2 N–H and O–H groups in total. The zero-order chi connectivity index (χ0) is 15.2. The first-order valence-corrected chi connectivity index (χ1v) is 8.00. The molecule has 1 aliphatic rings. The molecule has 0 saturated carbocycles. The van der Waals surface area contributed by atoms with Crippen molar-refractivity contribution >= 4 is 0 Å². The predicted molar refractivity (Wildman–Crippen MR) is 89.6 cm³/mol. The third kappa shape index (κ3) is 3.53. The molecule has 22 heavy (non-hydrogen) atoms. The third-order valence-electron chi connectivity index (χ3n) is 4.33. The lowest BCUT2D eigenvalue weighted by Gasteiger charge is -2.39. The first-order chi connectivity index (χ1) is 10.9. The van der Waals surface area contributed by atoms with Crippen molar-refractivity contribution in [1.29, 1.82) is 0 Å². The minimum absolute atomic E-state index is 0.287. The van der Waals surface area contributed by atoms with Gasteiger partial charge in [0, 0.05) is 51.7 Å². The van der Waals surface area contributed by atoms with E-state index in [9.17, 15) is 0 Å². The Morgan fingerprint density at radius 2 is 1.68 bits per heavy atom. The number of hydrogen-bond acceptors (Lipinski definition) is 4. The van der Waals surface area contributed by atoms with Gasteiger partial charge in [-0.3, -0.25) is 14.8 Å². The fraction of sp³-hybridized carbons (Fsp3) is 0.389. The van der Waals surface area contributed by atoms with Gasteiger partial charge in [-0.1, -0.05) is 36.4 Å². The first-order valence-electron chi connectivity index (χ1n) is 8.00. The lowest BCUT2D eigenvalue weighted by Crippen LogP contribution is -2.49. The number of aromatic nitrogens is 1. The molecule has 1 fully saturated rings. The van der Waals surface area contributed by atoms with Gasteiger partial charge in [0.1, 0.15) is 0 Å². The molecule has 3 rings (SSSR count). The van der Waals surface area contributed by atoms with Crippen molar-refractivity contribution in [3.8, 4) is 0 Å². The highest BCUT2D eigenvalue weighted by molar-refractivity contribution is 5.30. The monoisotopic (exact) mass is 296 g/mol. The van der Waals surface area contributed by atoms with E-state index in [1.54, 1.807) is 0 Å². The van der Waals surface area contributed by atoms with Crippen LogP contribution in [0.3, 0.4) is 0 Å². The van der Waals surface area contributed by atoms with Crippen LogP contribution in [0.15, 0.2) is 54.9 Å². The second kappa shape index (κ2) is 7.49. The predicted octanol–water partition coefficient (Wildman–Crippen LogP) is 1.75. The van der Waals surface area contributed by atoms with Crippen LogP contribution in [0.1, 0.15) is 17.2 Å². The molecule has 0 amide bonds. The first kappa shape index (κ1) is 15.2. The quantitative estimate of drug-likeness (QED) is 0.913. The number of piperazine rings is 1. The van der Waals surface area contributed by atoms with Crippen molar-refractivity contribution in [1.82, 2.24) is 14.8 Å². The van der Waals surface area contributed by atoms with E-state index in [0.29, 0.717) is 0 Å². The van der Waals surface area contributed by atoms with Crippen LogP contribution in [0, 0.1) is 0 Å². The van der Waals surface area contributed by atoms with Gasteiger partial charge in [0.2, 0.25) is 0 Å². The normalized spacial score (nSPS) is 18.2. The molecule has 1 aliphatic heterocycles. The van der Waals surface area contributed by atoms with Crippen LogP contribution in [0.4, 0.5) is 0 Å². The van der Waals surface area contributed by atoms with Gasteiger partial charge in [0.05, 0.1) is 6.04 Å². The third-order valence-corrected chi connectivity index (χ3v) is 4.33. The van der Waals surface area contributed by atoms with Gasteiger partial charge in [0.25, 0.3) is 0 Å². The molecule has 1 aromatic carbocycles. The lowest BCUT2D eigenvalue weighted by molar-refractivity contribution is 0.111. The highest BCUT2D eigenvalue weighted by Gasteiger charge is 2.26. The minimum Gasteiger partial charge on any atom is -0.329 e. The summed E-state index contributed by atoms with van der Waals surface area (Å²) in [5.41, 5.74) is 8.27. The van der Waals surface area contributed by atoms with E-state index < -0.39 is 0 Å². The van der Waals surface area contributed by atoms with E-state index in [1.807, 2.05) is 18.5 Å². The number of hydrogen-bond donors (Lipinski definition) is 1. The summed E-state index contributed by atoms with van der Waals surface area (Å²) in [6.45, 7) is 6.03. The van der Waals surface area contributed by atoms with Crippen molar-refractivity contribution in [2.75, 3.05) is 39.3 Å². The summed E-state index contributed by atoms with van der Waals surface area (Å²) < 4.78 is 0. The van der Waals surface area contributed by atoms with Gasteiger partial charge in [-0.2, -0.15) is 0 Å². The summed E-state index contributed by atoms with van der Waals surface area (Å²) >= 11 is 0. The summed E-state index contributed by atoms with van der Waals surface area (Å²) in [6, 6.07) is 15.2. The molecule has 0 radical (unpaired) electrons. The maximum atomic E-state index is 5.67. The zero-order valence-electron chi connectivity index (χ0n) is 12.9. The van der Waals surface area contributed by atoms with Crippen LogP contribution in [0.5, 0.6) is 0 Å². The smallest absolute Gasteiger partial charge is 0.0617 e. The Bertz CT molecular complexity index is 510. The number of pyridine rings is 1. The molecule has 1 atom stereocenters. The molecule has 0 aliphatic carbocycles. The van der Waals surface area contributed by atoms with Gasteiger partial charge in [0.15, 0.2) is 0 Å². The van der Waals surface area contributed by atoms with Crippen molar-refractivity contribution in [3.63, 3.8) is 0 Å². The van der Waals surface area contributed by atoms with E-state index in [4.69, 9.17) is 5.73 Å². The molecule has 4 nitrogen and oxygen atoms in total. The van der Waals surface area contributed by atoms with Crippen molar-refractivity contribution in [2.24, 2.45) is 5.73 Å².